The molecule has 0 radical (unpaired) electrons. The van der Waals surface area contributed by atoms with Crippen LogP contribution < -0.4 is 5.32 Å². The smallest absolute Gasteiger partial charge is 0.0242 e. The minimum Gasteiger partial charge on any atom is -0.313 e. The van der Waals surface area contributed by atoms with Crippen molar-refractivity contribution in [2.24, 2.45) is 0 Å². The topological polar surface area (TPSA) is 15.3 Å². The lowest BCUT2D eigenvalue weighted by Crippen LogP contribution is -2.43. The predicted octanol–water partition coefficient (Wildman–Crippen LogP) is 3.10. The minimum absolute atomic E-state index is 0.717. The molecule has 1 unspecified atom stereocenters. The van der Waals surface area contributed by atoms with E-state index in [9.17, 15) is 0 Å². The fourth-order valence-electron chi connectivity index (χ4n) is 2.58. The Labute approximate surface area is 109 Å². The van der Waals surface area contributed by atoms with Gasteiger partial charge in [0.2, 0.25) is 0 Å². The van der Waals surface area contributed by atoms with Gasteiger partial charge in [-0.2, -0.15) is 11.3 Å². The molecule has 0 aromatic carbocycles. The Hall–Kier alpha value is -0.380. The quantitative estimate of drug-likeness (QED) is 0.837. The third-order valence-corrected chi connectivity index (χ3v) is 4.15. The molecule has 3 heteroatoms. The van der Waals surface area contributed by atoms with E-state index in [-0.39, 0.29) is 0 Å². The number of nitrogens with one attached hydrogen (secondary N) is 1. The minimum atomic E-state index is 0.717. The van der Waals surface area contributed by atoms with E-state index in [4.69, 9.17) is 0 Å². The van der Waals surface area contributed by atoms with E-state index in [1.54, 1.807) is 11.3 Å². The Morgan fingerprint density at radius 3 is 3.06 bits per heavy atom. The second kappa shape index (κ2) is 7.14. The molecule has 2 nitrogen and oxygen atoms in total. The number of piperidine rings is 1. The van der Waals surface area contributed by atoms with Gasteiger partial charge in [-0.3, -0.25) is 4.90 Å². The van der Waals surface area contributed by atoms with Gasteiger partial charge in [0, 0.05) is 19.1 Å². The molecule has 1 aliphatic rings. The van der Waals surface area contributed by atoms with E-state index in [2.05, 4.69) is 34.0 Å². The van der Waals surface area contributed by atoms with Crippen molar-refractivity contribution in [2.45, 2.75) is 45.2 Å². The third kappa shape index (κ3) is 4.41. The molecule has 1 aliphatic heterocycles. The van der Waals surface area contributed by atoms with E-state index < -0.39 is 0 Å². The van der Waals surface area contributed by atoms with Crippen molar-refractivity contribution in [3.05, 3.63) is 22.4 Å². The summed E-state index contributed by atoms with van der Waals surface area (Å²) < 4.78 is 0. The lowest BCUT2D eigenvalue weighted by atomic mass is 10.0. The summed E-state index contributed by atoms with van der Waals surface area (Å²) in [5, 5.41) is 8.10. The first-order valence-electron chi connectivity index (χ1n) is 6.85. The lowest BCUT2D eigenvalue weighted by Gasteiger charge is -2.30. The van der Waals surface area contributed by atoms with Crippen LogP contribution >= 0.6 is 11.3 Å². The van der Waals surface area contributed by atoms with Crippen molar-refractivity contribution >= 4 is 11.3 Å². The molecule has 0 amide bonds. The number of hydrogen-bond acceptors (Lipinski definition) is 3. The Bertz CT molecular complexity index is 291. The summed E-state index contributed by atoms with van der Waals surface area (Å²) >= 11 is 1.80. The van der Waals surface area contributed by atoms with Crippen molar-refractivity contribution in [1.29, 1.82) is 0 Å². The molecule has 17 heavy (non-hydrogen) atoms. The van der Waals surface area contributed by atoms with Gasteiger partial charge in [0.1, 0.15) is 0 Å². The van der Waals surface area contributed by atoms with E-state index in [1.165, 1.54) is 50.9 Å². The van der Waals surface area contributed by atoms with Crippen LogP contribution in [0.3, 0.4) is 0 Å². The zero-order chi connectivity index (χ0) is 11.9. The van der Waals surface area contributed by atoms with Gasteiger partial charge in [-0.25, -0.2) is 0 Å². The van der Waals surface area contributed by atoms with Gasteiger partial charge in [0.15, 0.2) is 0 Å². The maximum absolute atomic E-state index is 3.65. The highest BCUT2D eigenvalue weighted by atomic mass is 32.1. The summed E-state index contributed by atoms with van der Waals surface area (Å²) in [7, 11) is 0. The van der Waals surface area contributed by atoms with E-state index in [0.29, 0.717) is 6.04 Å². The maximum Gasteiger partial charge on any atom is 0.0242 e. The Morgan fingerprint density at radius 2 is 2.41 bits per heavy atom. The molecule has 1 aromatic heterocycles. The molecule has 96 valence electrons. The summed E-state index contributed by atoms with van der Waals surface area (Å²) in [6, 6.07) is 2.97. The summed E-state index contributed by atoms with van der Waals surface area (Å²) in [5.74, 6) is 0. The fourth-order valence-corrected chi connectivity index (χ4v) is 3.24. The van der Waals surface area contributed by atoms with E-state index >= 15 is 0 Å². The molecular formula is C14H24N2S. The highest BCUT2D eigenvalue weighted by molar-refractivity contribution is 7.07. The standard InChI is InChI=1S/C14H24N2S/c1-2-8-16(10-13-6-9-17-12-13)11-14-5-3-4-7-15-14/h6,9,12,14-15H,2-5,7-8,10-11H2,1H3. The van der Waals surface area contributed by atoms with Crippen LogP contribution in [-0.4, -0.2) is 30.6 Å². The van der Waals surface area contributed by atoms with Crippen molar-refractivity contribution in [2.75, 3.05) is 19.6 Å². The first kappa shape index (κ1) is 13.1. The number of rotatable bonds is 6. The molecule has 1 atom stereocenters. The van der Waals surface area contributed by atoms with Crippen LogP contribution in [0.2, 0.25) is 0 Å². The highest BCUT2D eigenvalue weighted by Gasteiger charge is 2.16. The highest BCUT2D eigenvalue weighted by Crippen LogP contribution is 2.13. The summed E-state index contributed by atoms with van der Waals surface area (Å²) in [6.45, 7) is 7.03. The Morgan fingerprint density at radius 1 is 1.47 bits per heavy atom. The molecule has 0 bridgehead atoms. The molecule has 0 spiro atoms. The largest absolute Gasteiger partial charge is 0.313 e. The summed E-state index contributed by atoms with van der Waals surface area (Å²) in [4.78, 5) is 2.60. The van der Waals surface area contributed by atoms with Gasteiger partial charge in [0.05, 0.1) is 0 Å². The molecule has 0 aliphatic carbocycles. The lowest BCUT2D eigenvalue weighted by molar-refractivity contribution is 0.217. The first-order chi connectivity index (χ1) is 8.38. The maximum atomic E-state index is 3.65. The molecule has 2 rings (SSSR count). The van der Waals surface area contributed by atoms with Gasteiger partial charge >= 0.3 is 0 Å². The molecule has 1 aromatic rings. The van der Waals surface area contributed by atoms with Crippen molar-refractivity contribution in [1.82, 2.24) is 10.2 Å². The predicted molar refractivity (Wildman–Crippen MR) is 75.5 cm³/mol. The number of nitrogens with zero attached hydrogens (tertiary/aromatic N) is 1. The molecule has 1 saturated heterocycles. The molecular weight excluding hydrogens is 228 g/mol. The van der Waals surface area contributed by atoms with Gasteiger partial charge < -0.3 is 5.32 Å². The van der Waals surface area contributed by atoms with Crippen LogP contribution in [0, 0.1) is 0 Å². The molecule has 2 heterocycles. The molecule has 1 fully saturated rings. The van der Waals surface area contributed by atoms with Gasteiger partial charge in [0.25, 0.3) is 0 Å². The van der Waals surface area contributed by atoms with Crippen LogP contribution in [0.15, 0.2) is 16.8 Å². The normalized spacial score (nSPS) is 20.9. The van der Waals surface area contributed by atoms with Crippen LogP contribution in [0.4, 0.5) is 0 Å². The average Bonchev–Trinajstić information content (AvgIpc) is 2.83. The van der Waals surface area contributed by atoms with Gasteiger partial charge in [-0.1, -0.05) is 13.3 Å². The van der Waals surface area contributed by atoms with Crippen LogP contribution in [0.25, 0.3) is 0 Å². The SMILES string of the molecule is CCCN(Cc1ccsc1)CC1CCCCN1. The molecule has 1 N–H and O–H groups in total. The Balaban J connectivity index is 1.83. The van der Waals surface area contributed by atoms with Gasteiger partial charge in [-0.15, -0.1) is 0 Å². The number of thiophene rings is 1. The first-order valence-corrected chi connectivity index (χ1v) is 7.79. The number of hydrogen-bond donors (Lipinski definition) is 1. The van der Waals surface area contributed by atoms with Crippen molar-refractivity contribution in [3.63, 3.8) is 0 Å². The summed E-state index contributed by atoms with van der Waals surface area (Å²) in [6.07, 6.45) is 5.35. The summed E-state index contributed by atoms with van der Waals surface area (Å²) in [5.41, 5.74) is 1.47. The van der Waals surface area contributed by atoms with Crippen LogP contribution in [0.5, 0.6) is 0 Å². The second-order valence-electron chi connectivity index (χ2n) is 5.01. The fraction of sp³-hybridized carbons (Fsp3) is 0.714. The van der Waals surface area contributed by atoms with Crippen molar-refractivity contribution < 1.29 is 0 Å². The van der Waals surface area contributed by atoms with E-state index in [0.717, 1.165) is 6.54 Å². The van der Waals surface area contributed by atoms with Crippen LogP contribution in [-0.2, 0) is 6.54 Å². The molecule has 0 saturated carbocycles. The Kier molecular flexibility index (Phi) is 5.49. The van der Waals surface area contributed by atoms with Crippen LogP contribution in [0.1, 0.15) is 38.2 Å². The monoisotopic (exact) mass is 252 g/mol. The zero-order valence-electron chi connectivity index (χ0n) is 10.8. The van der Waals surface area contributed by atoms with Crippen molar-refractivity contribution in [3.8, 4) is 0 Å². The van der Waals surface area contributed by atoms with Gasteiger partial charge in [-0.05, 0) is 54.7 Å². The zero-order valence-corrected chi connectivity index (χ0v) is 11.6. The third-order valence-electron chi connectivity index (χ3n) is 3.42. The average molecular weight is 252 g/mol. The second-order valence-corrected chi connectivity index (χ2v) is 5.79. The van der Waals surface area contributed by atoms with E-state index in [1.807, 2.05) is 0 Å².